The standard InChI is InChI=1S/C12H10BrNO3S/c13-9-4-2-1-3-8(9)10(15)7-14-11(16)5-6-18-12(14)17/h1-4H,5-7H2. The summed E-state index contributed by atoms with van der Waals surface area (Å²) in [6.07, 6.45) is 0.305. The van der Waals surface area contributed by atoms with Gasteiger partial charge in [-0.15, -0.1) is 0 Å². The molecule has 2 rings (SSSR count). The second kappa shape index (κ2) is 5.67. The molecule has 0 spiro atoms. The van der Waals surface area contributed by atoms with Crippen LogP contribution in [0.15, 0.2) is 28.7 Å². The highest BCUT2D eigenvalue weighted by molar-refractivity contribution is 9.10. The molecule has 2 amide bonds. The van der Waals surface area contributed by atoms with Crippen LogP contribution >= 0.6 is 27.7 Å². The van der Waals surface area contributed by atoms with Crippen molar-refractivity contribution in [1.29, 1.82) is 0 Å². The predicted molar refractivity (Wildman–Crippen MR) is 72.7 cm³/mol. The minimum Gasteiger partial charge on any atom is -0.292 e. The van der Waals surface area contributed by atoms with Gasteiger partial charge < -0.3 is 0 Å². The average Bonchev–Trinajstić information content (AvgIpc) is 2.34. The van der Waals surface area contributed by atoms with E-state index in [9.17, 15) is 14.4 Å². The van der Waals surface area contributed by atoms with Gasteiger partial charge in [0.15, 0.2) is 5.78 Å². The summed E-state index contributed by atoms with van der Waals surface area (Å²) >= 11 is 4.35. The van der Waals surface area contributed by atoms with Gasteiger partial charge in [0.25, 0.3) is 5.24 Å². The largest absolute Gasteiger partial charge is 0.292 e. The van der Waals surface area contributed by atoms with Crippen LogP contribution in [0.1, 0.15) is 16.8 Å². The number of carbonyl (C=O) groups excluding carboxylic acids is 3. The molecule has 0 bridgehead atoms. The SMILES string of the molecule is O=C(CN1C(=O)CCSC1=O)c1ccccc1Br. The van der Waals surface area contributed by atoms with Crippen LogP contribution in [0.2, 0.25) is 0 Å². The highest BCUT2D eigenvalue weighted by Crippen LogP contribution is 2.21. The topological polar surface area (TPSA) is 54.5 Å². The summed E-state index contributed by atoms with van der Waals surface area (Å²) in [5, 5.41) is -0.341. The molecular weight excluding hydrogens is 318 g/mol. The lowest BCUT2D eigenvalue weighted by Gasteiger charge is -2.23. The van der Waals surface area contributed by atoms with Crippen molar-refractivity contribution in [3.63, 3.8) is 0 Å². The maximum Gasteiger partial charge on any atom is 0.288 e. The Bertz CT molecular complexity index is 502. The fourth-order valence-electron chi connectivity index (χ4n) is 1.61. The molecule has 0 saturated carbocycles. The first-order valence-corrected chi connectivity index (χ1v) is 7.12. The number of Topliss-reactive ketones (excluding diaryl/α,β-unsaturated/α-hetero) is 1. The minimum atomic E-state index is -0.341. The van der Waals surface area contributed by atoms with Gasteiger partial charge in [-0.05, 0) is 6.07 Å². The van der Waals surface area contributed by atoms with Gasteiger partial charge in [-0.2, -0.15) is 0 Å². The molecule has 0 unspecified atom stereocenters. The van der Waals surface area contributed by atoms with Crippen molar-refractivity contribution in [2.24, 2.45) is 0 Å². The molecular formula is C12H10BrNO3S. The Kier molecular flexibility index (Phi) is 4.19. The Morgan fingerprint density at radius 3 is 2.72 bits per heavy atom. The van der Waals surface area contributed by atoms with Crippen LogP contribution in [-0.2, 0) is 4.79 Å². The maximum absolute atomic E-state index is 12.0. The van der Waals surface area contributed by atoms with Crippen molar-refractivity contribution in [3.8, 4) is 0 Å². The smallest absolute Gasteiger partial charge is 0.288 e. The Balaban J connectivity index is 2.14. The molecule has 1 fully saturated rings. The number of ketones is 1. The fraction of sp³-hybridized carbons (Fsp3) is 0.250. The summed E-state index contributed by atoms with van der Waals surface area (Å²) in [5.41, 5.74) is 0.480. The van der Waals surface area contributed by atoms with E-state index >= 15 is 0 Å². The van der Waals surface area contributed by atoms with E-state index in [2.05, 4.69) is 15.9 Å². The van der Waals surface area contributed by atoms with E-state index < -0.39 is 0 Å². The molecule has 1 heterocycles. The van der Waals surface area contributed by atoms with E-state index in [-0.39, 0.29) is 23.5 Å². The number of benzene rings is 1. The van der Waals surface area contributed by atoms with Gasteiger partial charge in [0, 0.05) is 22.2 Å². The number of imide groups is 1. The van der Waals surface area contributed by atoms with Gasteiger partial charge in [0.05, 0.1) is 6.54 Å². The zero-order chi connectivity index (χ0) is 13.1. The first kappa shape index (κ1) is 13.3. The van der Waals surface area contributed by atoms with Crippen LogP contribution in [0, 0.1) is 0 Å². The number of thioether (sulfide) groups is 1. The van der Waals surface area contributed by atoms with E-state index in [1.54, 1.807) is 24.3 Å². The van der Waals surface area contributed by atoms with Crippen LogP contribution in [0.25, 0.3) is 0 Å². The van der Waals surface area contributed by atoms with Crippen LogP contribution in [-0.4, -0.2) is 34.1 Å². The van der Waals surface area contributed by atoms with E-state index in [4.69, 9.17) is 0 Å². The molecule has 1 aromatic rings. The van der Waals surface area contributed by atoms with Gasteiger partial charge in [-0.25, -0.2) is 0 Å². The third-order valence-corrected chi connectivity index (χ3v) is 4.11. The minimum absolute atomic E-state index is 0.187. The molecule has 1 saturated heterocycles. The van der Waals surface area contributed by atoms with E-state index in [0.29, 0.717) is 22.2 Å². The first-order chi connectivity index (χ1) is 8.59. The Morgan fingerprint density at radius 1 is 1.33 bits per heavy atom. The third kappa shape index (κ3) is 2.81. The quantitative estimate of drug-likeness (QED) is 0.801. The van der Waals surface area contributed by atoms with Crippen molar-refractivity contribution >= 4 is 44.6 Å². The van der Waals surface area contributed by atoms with Crippen LogP contribution in [0.4, 0.5) is 4.79 Å². The van der Waals surface area contributed by atoms with Crippen molar-refractivity contribution in [2.75, 3.05) is 12.3 Å². The summed E-state index contributed by atoms with van der Waals surface area (Å²) in [4.78, 5) is 36.2. The highest BCUT2D eigenvalue weighted by Gasteiger charge is 2.29. The lowest BCUT2D eigenvalue weighted by atomic mass is 10.1. The van der Waals surface area contributed by atoms with Crippen molar-refractivity contribution in [2.45, 2.75) is 6.42 Å². The Morgan fingerprint density at radius 2 is 2.06 bits per heavy atom. The predicted octanol–water partition coefficient (Wildman–Crippen LogP) is 2.72. The number of halogens is 1. The average molecular weight is 328 g/mol. The second-order valence-corrected chi connectivity index (χ2v) is 5.65. The monoisotopic (exact) mass is 327 g/mol. The Hall–Kier alpha value is -1.14. The molecule has 1 aromatic carbocycles. The van der Waals surface area contributed by atoms with Gasteiger partial charge >= 0.3 is 0 Å². The first-order valence-electron chi connectivity index (χ1n) is 5.34. The molecule has 0 atom stereocenters. The number of rotatable bonds is 3. The summed E-state index contributed by atoms with van der Waals surface area (Å²) in [5.74, 6) is -0.0250. The third-order valence-electron chi connectivity index (χ3n) is 2.54. The number of amides is 2. The van der Waals surface area contributed by atoms with Gasteiger partial charge in [-0.3, -0.25) is 19.3 Å². The molecule has 1 aliphatic rings. The molecule has 94 valence electrons. The van der Waals surface area contributed by atoms with Gasteiger partial charge in [0.2, 0.25) is 5.91 Å². The molecule has 1 aliphatic heterocycles. The summed E-state index contributed by atoms with van der Waals surface area (Å²) in [7, 11) is 0. The summed E-state index contributed by atoms with van der Waals surface area (Å²) < 4.78 is 0.666. The van der Waals surface area contributed by atoms with Gasteiger partial charge in [0.1, 0.15) is 0 Å². The maximum atomic E-state index is 12.0. The summed E-state index contributed by atoms with van der Waals surface area (Å²) in [6.45, 7) is -0.187. The van der Waals surface area contributed by atoms with Gasteiger partial charge in [-0.1, -0.05) is 45.9 Å². The molecule has 0 aromatic heterocycles. The molecule has 4 nitrogen and oxygen atoms in total. The molecule has 0 aliphatic carbocycles. The van der Waals surface area contributed by atoms with E-state index in [1.807, 2.05) is 0 Å². The Labute approximate surface area is 117 Å². The lowest BCUT2D eigenvalue weighted by molar-refractivity contribution is -0.127. The molecule has 18 heavy (non-hydrogen) atoms. The lowest BCUT2D eigenvalue weighted by Crippen LogP contribution is -2.41. The number of nitrogens with zero attached hydrogens (tertiary/aromatic N) is 1. The number of carbonyl (C=O) groups is 3. The van der Waals surface area contributed by atoms with Crippen molar-refractivity contribution in [3.05, 3.63) is 34.3 Å². The van der Waals surface area contributed by atoms with E-state index in [0.717, 1.165) is 16.7 Å². The normalized spacial score (nSPS) is 15.9. The van der Waals surface area contributed by atoms with E-state index in [1.165, 1.54) is 0 Å². The molecule has 0 N–H and O–H groups in total. The van der Waals surface area contributed by atoms with Crippen LogP contribution in [0.5, 0.6) is 0 Å². The second-order valence-electron chi connectivity index (χ2n) is 3.75. The van der Waals surface area contributed by atoms with Crippen LogP contribution in [0.3, 0.4) is 0 Å². The van der Waals surface area contributed by atoms with Crippen LogP contribution < -0.4 is 0 Å². The highest BCUT2D eigenvalue weighted by atomic mass is 79.9. The number of hydrogen-bond acceptors (Lipinski definition) is 4. The zero-order valence-electron chi connectivity index (χ0n) is 9.39. The zero-order valence-corrected chi connectivity index (χ0v) is 11.8. The molecule has 6 heteroatoms. The van der Waals surface area contributed by atoms with Crippen molar-refractivity contribution in [1.82, 2.24) is 4.90 Å². The van der Waals surface area contributed by atoms with Crippen molar-refractivity contribution < 1.29 is 14.4 Å². The fourth-order valence-corrected chi connectivity index (χ4v) is 2.89. The number of hydrogen-bond donors (Lipinski definition) is 0. The molecule has 0 radical (unpaired) electrons. The summed E-state index contributed by atoms with van der Waals surface area (Å²) in [6, 6.07) is 6.96.